The predicted molar refractivity (Wildman–Crippen MR) is 132 cm³/mol. The van der Waals surface area contributed by atoms with Gasteiger partial charge in [-0.25, -0.2) is 9.18 Å². The molecule has 0 bridgehead atoms. The lowest BCUT2D eigenvalue weighted by Crippen LogP contribution is -2.46. The molecular formula is C25H31ClFN3O4. The van der Waals surface area contributed by atoms with Crippen molar-refractivity contribution in [3.63, 3.8) is 0 Å². The summed E-state index contributed by atoms with van der Waals surface area (Å²) < 4.78 is 14.2. The van der Waals surface area contributed by atoms with Gasteiger partial charge in [-0.3, -0.25) is 4.79 Å². The van der Waals surface area contributed by atoms with Crippen LogP contribution in [0, 0.1) is 5.82 Å². The van der Waals surface area contributed by atoms with Crippen molar-refractivity contribution in [2.45, 2.75) is 64.0 Å². The van der Waals surface area contributed by atoms with Crippen molar-refractivity contribution in [3.05, 3.63) is 52.8 Å². The Hall–Kier alpha value is -2.84. The fourth-order valence-corrected chi connectivity index (χ4v) is 4.68. The van der Waals surface area contributed by atoms with Gasteiger partial charge in [0.2, 0.25) is 0 Å². The van der Waals surface area contributed by atoms with Crippen LogP contribution < -0.4 is 15.5 Å². The molecule has 34 heavy (non-hydrogen) atoms. The molecule has 0 saturated carbocycles. The summed E-state index contributed by atoms with van der Waals surface area (Å²) in [6, 6.07) is 8.64. The Labute approximate surface area is 203 Å². The Morgan fingerprint density at radius 3 is 2.53 bits per heavy atom. The van der Waals surface area contributed by atoms with Gasteiger partial charge in [0.05, 0.1) is 35.1 Å². The monoisotopic (exact) mass is 491 g/mol. The molecule has 2 amide bonds. The largest absolute Gasteiger partial charge is 0.481 e. The van der Waals surface area contributed by atoms with Gasteiger partial charge in [-0.05, 0) is 74.9 Å². The number of aliphatic carboxylic acids is 1. The Balaban J connectivity index is 1.95. The van der Waals surface area contributed by atoms with Crippen molar-refractivity contribution >= 4 is 40.7 Å². The van der Waals surface area contributed by atoms with Crippen LogP contribution in [0.25, 0.3) is 0 Å². The first kappa shape index (κ1) is 25.8. The smallest absolute Gasteiger partial charge is 0.323 e. The summed E-state index contributed by atoms with van der Waals surface area (Å²) in [5, 5.41) is 25.5. The number of nitrogens with one attached hydrogen (secondary N) is 2. The van der Waals surface area contributed by atoms with Gasteiger partial charge in [-0.1, -0.05) is 24.6 Å². The van der Waals surface area contributed by atoms with E-state index >= 15 is 0 Å². The molecule has 3 rings (SSSR count). The quantitative estimate of drug-likeness (QED) is 0.372. The lowest BCUT2D eigenvalue weighted by atomic mass is 9.92. The molecule has 7 nitrogen and oxygen atoms in total. The van der Waals surface area contributed by atoms with Crippen molar-refractivity contribution in [1.29, 1.82) is 0 Å². The number of halogens is 2. The standard InChI is InChI=1S/C25H31ClFN3O4/c1-4-15(13-23(31)32)16-7-10-21(30-11-5-6-22(30)25(2,3)34)20(12-16)29-24(33)28-19-9-8-17(26)14-18(19)27/h7-10,12,14-15,22,34H,4-6,11,13H2,1-3H3,(H,31,32)(H2,28,29,33)/t15?,22-/m1/s1. The predicted octanol–water partition coefficient (Wildman–Crippen LogP) is 5.83. The maximum absolute atomic E-state index is 14.2. The highest BCUT2D eigenvalue weighted by atomic mass is 35.5. The number of rotatable bonds is 8. The first-order chi connectivity index (χ1) is 16.0. The number of hydrogen-bond acceptors (Lipinski definition) is 4. The second-order valence-electron chi connectivity index (χ2n) is 9.19. The lowest BCUT2D eigenvalue weighted by Gasteiger charge is -2.36. The Morgan fingerprint density at radius 1 is 1.21 bits per heavy atom. The van der Waals surface area contributed by atoms with E-state index in [2.05, 4.69) is 15.5 Å². The third-order valence-corrected chi connectivity index (χ3v) is 6.45. The van der Waals surface area contributed by atoms with Crippen LogP contribution >= 0.6 is 11.6 Å². The highest BCUT2D eigenvalue weighted by molar-refractivity contribution is 6.30. The molecule has 4 N–H and O–H groups in total. The van der Waals surface area contributed by atoms with Crippen molar-refractivity contribution in [2.24, 2.45) is 0 Å². The lowest BCUT2D eigenvalue weighted by molar-refractivity contribution is -0.137. The van der Waals surface area contributed by atoms with E-state index in [1.807, 2.05) is 19.1 Å². The number of carbonyl (C=O) groups excluding carboxylic acids is 1. The van der Waals surface area contributed by atoms with Crippen molar-refractivity contribution < 1.29 is 24.2 Å². The summed E-state index contributed by atoms with van der Waals surface area (Å²) in [4.78, 5) is 26.2. The molecule has 1 aliphatic heterocycles. The SMILES string of the molecule is CCC(CC(=O)O)c1ccc(N2CCC[C@@H]2C(C)(C)O)c(NC(=O)Nc2ccc(Cl)cc2F)c1. The highest BCUT2D eigenvalue weighted by Crippen LogP contribution is 2.38. The minimum Gasteiger partial charge on any atom is -0.481 e. The molecule has 0 aromatic heterocycles. The normalized spacial score (nSPS) is 16.9. The number of aliphatic hydroxyl groups is 1. The van der Waals surface area contributed by atoms with Gasteiger partial charge in [-0.2, -0.15) is 0 Å². The second-order valence-corrected chi connectivity index (χ2v) is 9.62. The number of hydrogen-bond donors (Lipinski definition) is 4. The zero-order chi connectivity index (χ0) is 25.0. The van der Waals surface area contributed by atoms with Crippen molar-refractivity contribution in [1.82, 2.24) is 0 Å². The first-order valence-electron chi connectivity index (χ1n) is 11.4. The zero-order valence-electron chi connectivity index (χ0n) is 19.6. The van der Waals surface area contributed by atoms with E-state index in [1.54, 1.807) is 19.9 Å². The third kappa shape index (κ3) is 6.18. The number of carboxylic acid groups (broad SMARTS) is 1. The van der Waals surface area contributed by atoms with Crippen LogP contribution in [-0.2, 0) is 4.79 Å². The fraction of sp³-hybridized carbons (Fsp3) is 0.440. The number of benzene rings is 2. The van der Waals surface area contributed by atoms with Crippen LogP contribution in [0.4, 0.5) is 26.2 Å². The summed E-state index contributed by atoms with van der Waals surface area (Å²) in [5.74, 6) is -1.79. The molecule has 0 aliphatic carbocycles. The van der Waals surface area contributed by atoms with Gasteiger partial charge in [-0.15, -0.1) is 0 Å². The average Bonchev–Trinajstić information content (AvgIpc) is 3.24. The van der Waals surface area contributed by atoms with E-state index in [1.165, 1.54) is 12.1 Å². The molecule has 2 atom stereocenters. The minimum absolute atomic E-state index is 0.0209. The van der Waals surface area contributed by atoms with Gasteiger partial charge in [0.25, 0.3) is 0 Å². The molecule has 0 radical (unpaired) electrons. The summed E-state index contributed by atoms with van der Waals surface area (Å²) in [7, 11) is 0. The van der Waals surface area contributed by atoms with Gasteiger partial charge in [0.15, 0.2) is 0 Å². The summed E-state index contributed by atoms with van der Waals surface area (Å²) in [6.45, 7) is 6.12. The molecule has 1 saturated heterocycles. The topological polar surface area (TPSA) is 102 Å². The van der Waals surface area contributed by atoms with Crippen molar-refractivity contribution in [3.8, 4) is 0 Å². The number of anilines is 3. The number of urea groups is 1. The average molecular weight is 492 g/mol. The number of carbonyl (C=O) groups is 2. The summed E-state index contributed by atoms with van der Waals surface area (Å²) in [6.07, 6.45) is 2.26. The maximum Gasteiger partial charge on any atom is 0.323 e. The minimum atomic E-state index is -0.962. The fourth-order valence-electron chi connectivity index (χ4n) is 4.52. The van der Waals surface area contributed by atoms with Crippen LogP contribution in [0.1, 0.15) is 57.9 Å². The van der Waals surface area contributed by atoms with Crippen LogP contribution in [0.3, 0.4) is 0 Å². The van der Waals surface area contributed by atoms with E-state index in [4.69, 9.17) is 11.6 Å². The van der Waals surface area contributed by atoms with E-state index in [-0.39, 0.29) is 29.1 Å². The van der Waals surface area contributed by atoms with Gasteiger partial charge in [0, 0.05) is 11.6 Å². The number of amides is 2. The van der Waals surface area contributed by atoms with Crippen LogP contribution in [0.5, 0.6) is 0 Å². The number of carboxylic acids is 1. The first-order valence-corrected chi connectivity index (χ1v) is 11.7. The number of nitrogens with zero attached hydrogens (tertiary/aromatic N) is 1. The summed E-state index contributed by atoms with van der Waals surface area (Å²) >= 11 is 5.79. The van der Waals surface area contributed by atoms with Crippen LogP contribution in [0.2, 0.25) is 5.02 Å². The molecule has 2 aromatic rings. The molecular weight excluding hydrogens is 461 g/mol. The Kier molecular flexibility index (Phi) is 8.05. The van der Waals surface area contributed by atoms with E-state index in [9.17, 15) is 24.2 Å². The third-order valence-electron chi connectivity index (χ3n) is 6.21. The molecule has 1 fully saturated rings. The molecule has 2 aromatic carbocycles. The van der Waals surface area contributed by atoms with Crippen LogP contribution in [-0.4, -0.2) is 40.4 Å². The molecule has 1 aliphatic rings. The van der Waals surface area contributed by atoms with E-state index in [0.717, 1.165) is 24.5 Å². The highest BCUT2D eigenvalue weighted by Gasteiger charge is 2.37. The zero-order valence-corrected chi connectivity index (χ0v) is 20.3. The van der Waals surface area contributed by atoms with Crippen molar-refractivity contribution in [2.75, 3.05) is 22.1 Å². The van der Waals surface area contributed by atoms with E-state index < -0.39 is 23.4 Å². The second kappa shape index (κ2) is 10.6. The molecule has 0 spiro atoms. The van der Waals surface area contributed by atoms with Crippen LogP contribution in [0.15, 0.2) is 36.4 Å². The molecule has 1 heterocycles. The maximum atomic E-state index is 14.2. The Morgan fingerprint density at radius 2 is 1.91 bits per heavy atom. The molecule has 9 heteroatoms. The van der Waals surface area contributed by atoms with Gasteiger partial charge < -0.3 is 25.7 Å². The van der Waals surface area contributed by atoms with Gasteiger partial charge >= 0.3 is 12.0 Å². The van der Waals surface area contributed by atoms with Gasteiger partial charge in [0.1, 0.15) is 5.82 Å². The summed E-state index contributed by atoms with van der Waals surface area (Å²) in [5.41, 5.74) is 0.971. The molecule has 184 valence electrons. The van der Waals surface area contributed by atoms with E-state index in [0.29, 0.717) is 24.3 Å². The Bertz CT molecular complexity index is 1060. The molecule has 1 unspecified atom stereocenters.